The van der Waals surface area contributed by atoms with Crippen LogP contribution < -0.4 is 4.90 Å². The van der Waals surface area contributed by atoms with E-state index in [0.717, 1.165) is 28.9 Å². The molecule has 2 aromatic heterocycles. The Hall–Kier alpha value is -3.78. The minimum Gasteiger partial charge on any atom is -0.460 e. The maximum absolute atomic E-state index is 12.5. The van der Waals surface area contributed by atoms with E-state index >= 15 is 0 Å². The van der Waals surface area contributed by atoms with Crippen LogP contribution in [0.4, 0.5) is 5.13 Å². The van der Waals surface area contributed by atoms with Crippen molar-refractivity contribution in [3.05, 3.63) is 83.5 Å². The predicted octanol–water partition coefficient (Wildman–Crippen LogP) is 4.41. The quantitative estimate of drug-likeness (QED) is 0.384. The summed E-state index contributed by atoms with van der Waals surface area (Å²) in [6.07, 6.45) is 3.35. The zero-order valence-electron chi connectivity index (χ0n) is 17.9. The second kappa shape index (κ2) is 9.38. The van der Waals surface area contributed by atoms with E-state index in [1.807, 2.05) is 72.2 Å². The third-order valence-corrected chi connectivity index (χ3v) is 6.33. The van der Waals surface area contributed by atoms with Crippen LogP contribution in [0.5, 0.6) is 0 Å². The fourth-order valence-corrected chi connectivity index (χ4v) is 4.64. The van der Waals surface area contributed by atoms with Crippen molar-refractivity contribution in [3.63, 3.8) is 0 Å². The summed E-state index contributed by atoms with van der Waals surface area (Å²) in [5.41, 5.74) is 4.09. The molecule has 0 N–H and O–H groups in total. The summed E-state index contributed by atoms with van der Waals surface area (Å²) in [5.74, 6) is -0.284. The Kier molecular flexibility index (Phi) is 5.99. The van der Waals surface area contributed by atoms with Crippen LogP contribution >= 0.6 is 11.3 Å². The number of nitrogens with zero attached hydrogens (tertiary/aromatic N) is 4. The molecule has 8 heteroatoms. The van der Waals surface area contributed by atoms with Crippen molar-refractivity contribution in [1.29, 1.82) is 0 Å². The van der Waals surface area contributed by atoms with E-state index in [4.69, 9.17) is 9.84 Å². The number of carbonyl (C=O) groups is 2. The number of hydrogen-bond donors (Lipinski definition) is 0. The van der Waals surface area contributed by atoms with E-state index in [2.05, 4.69) is 4.98 Å². The van der Waals surface area contributed by atoms with Crippen molar-refractivity contribution >= 4 is 28.3 Å². The number of ether oxygens (including phenoxy) is 1. The van der Waals surface area contributed by atoms with Crippen LogP contribution in [0.2, 0.25) is 0 Å². The van der Waals surface area contributed by atoms with Crippen LogP contribution in [0.1, 0.15) is 24.1 Å². The minimum absolute atomic E-state index is 0.0615. The molecule has 7 nitrogen and oxygen atoms in total. The van der Waals surface area contributed by atoms with Gasteiger partial charge < -0.3 is 4.74 Å². The van der Waals surface area contributed by atoms with E-state index in [1.54, 1.807) is 9.58 Å². The van der Waals surface area contributed by atoms with Crippen LogP contribution in [-0.4, -0.2) is 33.2 Å². The lowest BCUT2D eigenvalue weighted by Gasteiger charge is -2.10. The molecule has 1 saturated heterocycles. The molecule has 0 spiro atoms. The van der Waals surface area contributed by atoms with E-state index < -0.39 is 0 Å². The second-order valence-corrected chi connectivity index (χ2v) is 8.59. The number of rotatable bonds is 7. The van der Waals surface area contributed by atoms with Gasteiger partial charge in [-0.2, -0.15) is 5.10 Å². The number of amides is 1. The Morgan fingerprint density at radius 2 is 1.82 bits per heavy atom. The second-order valence-electron chi connectivity index (χ2n) is 7.76. The first-order chi connectivity index (χ1) is 16.2. The molecule has 166 valence electrons. The fraction of sp³-hybridized carbons (Fsp3) is 0.200. The van der Waals surface area contributed by atoms with Gasteiger partial charge in [0, 0.05) is 35.7 Å². The van der Waals surface area contributed by atoms with Gasteiger partial charge in [0.05, 0.1) is 23.5 Å². The average molecular weight is 459 g/mol. The molecule has 1 aliphatic rings. The lowest BCUT2D eigenvalue weighted by molar-refractivity contribution is -0.144. The number of para-hydroxylation sites is 1. The topological polar surface area (TPSA) is 77.3 Å². The van der Waals surface area contributed by atoms with Crippen molar-refractivity contribution in [2.75, 3.05) is 11.4 Å². The number of benzene rings is 2. The normalized spacial score (nSPS) is 13.5. The highest BCUT2D eigenvalue weighted by atomic mass is 32.1. The van der Waals surface area contributed by atoms with E-state index in [9.17, 15) is 9.59 Å². The van der Waals surface area contributed by atoms with Gasteiger partial charge in [0.15, 0.2) is 5.13 Å². The first-order valence-corrected chi connectivity index (χ1v) is 11.6. The average Bonchev–Trinajstić information content (AvgIpc) is 3.58. The highest BCUT2D eigenvalue weighted by Gasteiger charge is 2.24. The van der Waals surface area contributed by atoms with Crippen LogP contribution in [0.3, 0.4) is 0 Å². The largest absolute Gasteiger partial charge is 0.460 e. The summed E-state index contributed by atoms with van der Waals surface area (Å²) < 4.78 is 7.39. The van der Waals surface area contributed by atoms with Crippen LogP contribution in [-0.2, 0) is 27.4 Å². The van der Waals surface area contributed by atoms with Gasteiger partial charge in [-0.05, 0) is 18.6 Å². The molecule has 33 heavy (non-hydrogen) atoms. The zero-order chi connectivity index (χ0) is 22.6. The summed E-state index contributed by atoms with van der Waals surface area (Å²) in [6, 6.07) is 19.7. The molecule has 1 aliphatic heterocycles. The summed E-state index contributed by atoms with van der Waals surface area (Å²) in [4.78, 5) is 30.6. The molecule has 4 aromatic rings. The predicted molar refractivity (Wildman–Crippen MR) is 126 cm³/mol. The van der Waals surface area contributed by atoms with Crippen LogP contribution in [0, 0.1) is 0 Å². The molecule has 0 bridgehead atoms. The fourth-order valence-electron chi connectivity index (χ4n) is 3.78. The number of carbonyl (C=O) groups excluding carboxylic acids is 2. The molecule has 1 amide bonds. The number of aromatic nitrogens is 3. The molecular formula is C25H22N4O3S. The molecule has 2 aromatic carbocycles. The third-order valence-electron chi connectivity index (χ3n) is 5.42. The van der Waals surface area contributed by atoms with Gasteiger partial charge >= 0.3 is 5.97 Å². The highest BCUT2D eigenvalue weighted by molar-refractivity contribution is 7.14. The van der Waals surface area contributed by atoms with Gasteiger partial charge in [0.25, 0.3) is 0 Å². The van der Waals surface area contributed by atoms with Gasteiger partial charge in [0.2, 0.25) is 5.91 Å². The summed E-state index contributed by atoms with van der Waals surface area (Å²) in [6.45, 7) is 0.793. The monoisotopic (exact) mass is 458 g/mol. The molecular weight excluding hydrogens is 436 g/mol. The van der Waals surface area contributed by atoms with Crippen molar-refractivity contribution in [1.82, 2.24) is 14.8 Å². The molecule has 0 radical (unpaired) electrons. The first-order valence-electron chi connectivity index (χ1n) is 10.8. The molecule has 0 aliphatic carbocycles. The van der Waals surface area contributed by atoms with Crippen molar-refractivity contribution in [2.45, 2.75) is 25.9 Å². The van der Waals surface area contributed by atoms with E-state index in [0.29, 0.717) is 23.8 Å². The van der Waals surface area contributed by atoms with Crippen LogP contribution in [0.25, 0.3) is 16.9 Å². The van der Waals surface area contributed by atoms with Gasteiger partial charge in [-0.15, -0.1) is 11.3 Å². The molecule has 0 unspecified atom stereocenters. The lowest BCUT2D eigenvalue weighted by atomic mass is 10.1. The van der Waals surface area contributed by atoms with E-state index in [1.165, 1.54) is 11.3 Å². The third kappa shape index (κ3) is 4.70. The number of anilines is 1. The van der Waals surface area contributed by atoms with Crippen molar-refractivity contribution in [2.24, 2.45) is 0 Å². The van der Waals surface area contributed by atoms with Crippen molar-refractivity contribution in [3.8, 4) is 16.9 Å². The Bertz CT molecular complexity index is 1270. The van der Waals surface area contributed by atoms with Gasteiger partial charge in [-0.1, -0.05) is 48.5 Å². The smallest absolute Gasteiger partial charge is 0.312 e. The molecule has 3 heterocycles. The molecule has 0 saturated carbocycles. The lowest BCUT2D eigenvalue weighted by Crippen LogP contribution is -2.23. The Morgan fingerprint density at radius 3 is 2.55 bits per heavy atom. The summed E-state index contributed by atoms with van der Waals surface area (Å²) >= 11 is 1.38. The maximum atomic E-state index is 12.5. The van der Waals surface area contributed by atoms with E-state index in [-0.39, 0.29) is 24.9 Å². The summed E-state index contributed by atoms with van der Waals surface area (Å²) in [7, 11) is 0. The van der Waals surface area contributed by atoms with Gasteiger partial charge in [-0.25, -0.2) is 9.67 Å². The Labute approximate surface area is 195 Å². The maximum Gasteiger partial charge on any atom is 0.312 e. The van der Waals surface area contributed by atoms with Crippen LogP contribution in [0.15, 0.2) is 72.2 Å². The molecule has 0 atom stereocenters. The molecule has 5 rings (SSSR count). The Morgan fingerprint density at radius 1 is 1.06 bits per heavy atom. The number of thiazole rings is 1. The number of hydrogen-bond acceptors (Lipinski definition) is 6. The van der Waals surface area contributed by atoms with Gasteiger partial charge in [-0.3, -0.25) is 14.5 Å². The zero-order valence-corrected chi connectivity index (χ0v) is 18.7. The molecule has 1 fully saturated rings. The first kappa shape index (κ1) is 21.1. The van der Waals surface area contributed by atoms with Crippen molar-refractivity contribution < 1.29 is 14.3 Å². The minimum atomic E-state index is -0.369. The van der Waals surface area contributed by atoms with Gasteiger partial charge in [0.1, 0.15) is 6.61 Å². The number of esters is 1. The SMILES string of the molecule is O=C(Cc1csc(N2CCCC2=O)n1)OCc1cn(-c2ccccc2)nc1-c1ccccc1. The highest BCUT2D eigenvalue weighted by Crippen LogP contribution is 2.26. The Balaban J connectivity index is 1.30. The summed E-state index contributed by atoms with van der Waals surface area (Å²) in [5, 5.41) is 7.20. The standard InChI is InChI=1S/C25H22N4O3S/c30-22-12-7-13-28(22)25-26-20(17-33-25)14-23(31)32-16-19-15-29(21-10-5-2-6-11-21)27-24(19)18-8-3-1-4-9-18/h1-6,8-11,15,17H,7,12-14,16H2.